The number of thiophene rings is 1. The average molecular weight is 310 g/mol. The highest BCUT2D eigenvalue weighted by molar-refractivity contribution is 7.80. The molecule has 0 radical (unpaired) electrons. The van der Waals surface area contributed by atoms with Gasteiger partial charge in [-0.1, -0.05) is 26.1 Å². The quantitative estimate of drug-likeness (QED) is 0.839. The first kappa shape index (κ1) is 15.4. The van der Waals surface area contributed by atoms with E-state index >= 15 is 0 Å². The van der Waals surface area contributed by atoms with Gasteiger partial charge in [-0.15, -0.1) is 11.3 Å². The largest absolute Gasteiger partial charge is 0.391 e. The van der Waals surface area contributed by atoms with Gasteiger partial charge >= 0.3 is 0 Å². The van der Waals surface area contributed by atoms with Crippen LogP contribution in [-0.2, 0) is 6.42 Å². The minimum Gasteiger partial charge on any atom is -0.391 e. The zero-order valence-corrected chi connectivity index (χ0v) is 13.7. The van der Waals surface area contributed by atoms with Crippen LogP contribution < -0.4 is 11.1 Å². The first-order valence-corrected chi connectivity index (χ1v) is 8.40. The Labute approximate surface area is 129 Å². The molecule has 3 N–H and O–H groups in total. The van der Waals surface area contributed by atoms with Crippen LogP contribution >= 0.6 is 23.6 Å². The Hall–Kier alpha value is -0.940. The van der Waals surface area contributed by atoms with Crippen LogP contribution in [0.2, 0.25) is 0 Å². The molecule has 0 aromatic carbocycles. The van der Waals surface area contributed by atoms with E-state index in [4.69, 9.17) is 18.0 Å². The normalized spacial score (nSPS) is 26.2. The van der Waals surface area contributed by atoms with Crippen molar-refractivity contribution in [1.29, 1.82) is 0 Å². The van der Waals surface area contributed by atoms with Crippen molar-refractivity contribution >= 4 is 34.5 Å². The lowest BCUT2D eigenvalue weighted by Gasteiger charge is -2.39. The van der Waals surface area contributed by atoms with Gasteiger partial charge in [0.2, 0.25) is 0 Å². The van der Waals surface area contributed by atoms with E-state index in [-0.39, 0.29) is 5.91 Å². The number of carbonyl (C=O) groups is 1. The molecule has 1 aliphatic carbocycles. The van der Waals surface area contributed by atoms with Crippen molar-refractivity contribution in [2.45, 2.75) is 51.5 Å². The van der Waals surface area contributed by atoms with Gasteiger partial charge in [-0.2, -0.15) is 0 Å². The van der Waals surface area contributed by atoms with Crippen LogP contribution in [0.5, 0.6) is 0 Å². The number of aryl methyl sites for hydroxylation is 1. The number of hydrogen-bond acceptors (Lipinski definition) is 3. The summed E-state index contributed by atoms with van der Waals surface area (Å²) in [5, 5.41) is 3.11. The Kier molecular flexibility index (Phi) is 4.81. The SMILES string of the molecule is CCc1ccc(C(=O)NC2(C(N)=S)CCC(C)CC2)s1. The second-order valence-corrected chi connectivity index (χ2v) is 7.31. The Bertz CT molecular complexity index is 502. The summed E-state index contributed by atoms with van der Waals surface area (Å²) in [5.74, 6) is 0.639. The van der Waals surface area contributed by atoms with Gasteiger partial charge in [-0.3, -0.25) is 4.79 Å². The maximum Gasteiger partial charge on any atom is 0.262 e. The average Bonchev–Trinajstić information content (AvgIpc) is 2.90. The third-order valence-corrected chi connectivity index (χ3v) is 5.81. The molecule has 1 aliphatic rings. The summed E-state index contributed by atoms with van der Waals surface area (Å²) in [7, 11) is 0. The molecular weight excluding hydrogens is 288 g/mol. The molecular formula is C15H22N2OS2. The van der Waals surface area contributed by atoms with Crippen LogP contribution in [0.25, 0.3) is 0 Å². The van der Waals surface area contributed by atoms with Crippen LogP contribution in [0, 0.1) is 5.92 Å². The molecule has 0 bridgehead atoms. The molecule has 20 heavy (non-hydrogen) atoms. The molecule has 1 aromatic heterocycles. The molecule has 1 aromatic rings. The maximum absolute atomic E-state index is 12.4. The van der Waals surface area contributed by atoms with Crippen molar-refractivity contribution < 1.29 is 4.79 Å². The molecule has 3 nitrogen and oxygen atoms in total. The number of carbonyl (C=O) groups excluding carboxylic acids is 1. The number of amides is 1. The van der Waals surface area contributed by atoms with E-state index in [2.05, 4.69) is 19.2 Å². The third-order valence-electron chi connectivity index (χ3n) is 4.19. The van der Waals surface area contributed by atoms with Crippen LogP contribution in [0.4, 0.5) is 0 Å². The van der Waals surface area contributed by atoms with E-state index in [0.717, 1.165) is 37.0 Å². The van der Waals surface area contributed by atoms with Crippen LogP contribution in [0.15, 0.2) is 12.1 Å². The van der Waals surface area contributed by atoms with E-state index < -0.39 is 5.54 Å². The number of rotatable bonds is 4. The van der Waals surface area contributed by atoms with Gasteiger partial charge in [0.25, 0.3) is 5.91 Å². The van der Waals surface area contributed by atoms with Crippen molar-refractivity contribution in [3.63, 3.8) is 0 Å². The molecule has 2 rings (SSSR count). The highest BCUT2D eigenvalue weighted by Crippen LogP contribution is 2.33. The minimum atomic E-state index is -0.491. The molecule has 0 unspecified atom stereocenters. The standard InChI is InChI=1S/C15H22N2OS2/c1-3-11-4-5-12(20-11)13(18)17-15(14(16)19)8-6-10(2)7-9-15/h4-5,10H,3,6-9H2,1-2H3,(H2,16,19)(H,17,18). The van der Waals surface area contributed by atoms with Crippen molar-refractivity contribution in [3.8, 4) is 0 Å². The fraction of sp³-hybridized carbons (Fsp3) is 0.600. The highest BCUT2D eigenvalue weighted by Gasteiger charge is 2.38. The van der Waals surface area contributed by atoms with Crippen molar-refractivity contribution in [2.24, 2.45) is 11.7 Å². The monoisotopic (exact) mass is 310 g/mol. The summed E-state index contributed by atoms with van der Waals surface area (Å²) in [5.41, 5.74) is 5.43. The topological polar surface area (TPSA) is 55.1 Å². The minimum absolute atomic E-state index is 0.0444. The molecule has 1 amide bonds. The molecule has 1 saturated carbocycles. The molecule has 0 atom stereocenters. The molecule has 0 aliphatic heterocycles. The number of hydrogen-bond donors (Lipinski definition) is 2. The van der Waals surface area contributed by atoms with E-state index in [1.807, 2.05) is 12.1 Å². The van der Waals surface area contributed by atoms with Gasteiger partial charge in [0.15, 0.2) is 0 Å². The summed E-state index contributed by atoms with van der Waals surface area (Å²) < 4.78 is 0. The highest BCUT2D eigenvalue weighted by atomic mass is 32.1. The van der Waals surface area contributed by atoms with E-state index in [1.54, 1.807) is 11.3 Å². The van der Waals surface area contributed by atoms with Gasteiger partial charge in [0, 0.05) is 4.88 Å². The molecule has 5 heteroatoms. The Balaban J connectivity index is 2.12. The molecule has 1 heterocycles. The third kappa shape index (κ3) is 3.20. The number of thiocarbonyl (C=S) groups is 1. The smallest absolute Gasteiger partial charge is 0.262 e. The van der Waals surface area contributed by atoms with Gasteiger partial charge in [-0.25, -0.2) is 0 Å². The van der Waals surface area contributed by atoms with E-state index in [9.17, 15) is 4.79 Å². The Morgan fingerprint density at radius 2 is 2.15 bits per heavy atom. The summed E-state index contributed by atoms with van der Waals surface area (Å²) in [6, 6.07) is 3.90. The summed E-state index contributed by atoms with van der Waals surface area (Å²) in [4.78, 5) is 14.8. The van der Waals surface area contributed by atoms with Crippen LogP contribution in [0.1, 0.15) is 54.1 Å². The molecule has 110 valence electrons. The predicted molar refractivity (Wildman–Crippen MR) is 88.3 cm³/mol. The maximum atomic E-state index is 12.4. The molecule has 1 fully saturated rings. The van der Waals surface area contributed by atoms with Crippen molar-refractivity contribution in [2.75, 3.05) is 0 Å². The fourth-order valence-corrected chi connectivity index (χ4v) is 3.75. The van der Waals surface area contributed by atoms with Crippen molar-refractivity contribution in [1.82, 2.24) is 5.32 Å². The first-order chi connectivity index (χ1) is 9.47. The number of nitrogens with one attached hydrogen (secondary N) is 1. The Morgan fingerprint density at radius 1 is 1.50 bits per heavy atom. The van der Waals surface area contributed by atoms with Gasteiger partial charge in [0.1, 0.15) is 0 Å². The summed E-state index contributed by atoms with van der Waals surface area (Å²) >= 11 is 6.77. The van der Waals surface area contributed by atoms with E-state index in [0.29, 0.717) is 10.9 Å². The summed E-state index contributed by atoms with van der Waals surface area (Å²) in [6.07, 6.45) is 4.77. The predicted octanol–water partition coefficient (Wildman–Crippen LogP) is 3.28. The van der Waals surface area contributed by atoms with Crippen LogP contribution in [0.3, 0.4) is 0 Å². The van der Waals surface area contributed by atoms with Gasteiger partial charge in [0.05, 0.1) is 15.4 Å². The second kappa shape index (κ2) is 6.22. The second-order valence-electron chi connectivity index (χ2n) is 5.70. The molecule has 0 saturated heterocycles. The molecule has 0 spiro atoms. The Morgan fingerprint density at radius 3 is 2.65 bits per heavy atom. The summed E-state index contributed by atoms with van der Waals surface area (Å²) in [6.45, 7) is 4.32. The van der Waals surface area contributed by atoms with Crippen LogP contribution in [-0.4, -0.2) is 16.4 Å². The lowest BCUT2D eigenvalue weighted by atomic mass is 9.77. The van der Waals surface area contributed by atoms with Crippen molar-refractivity contribution in [3.05, 3.63) is 21.9 Å². The fourth-order valence-electron chi connectivity index (χ4n) is 2.66. The van der Waals surface area contributed by atoms with Gasteiger partial charge in [-0.05, 0) is 50.2 Å². The zero-order chi connectivity index (χ0) is 14.8. The zero-order valence-electron chi connectivity index (χ0n) is 12.1. The lowest BCUT2D eigenvalue weighted by Crippen LogP contribution is -2.58. The van der Waals surface area contributed by atoms with Gasteiger partial charge < -0.3 is 11.1 Å². The lowest BCUT2D eigenvalue weighted by molar-refractivity contribution is 0.0905. The first-order valence-electron chi connectivity index (χ1n) is 7.18. The number of nitrogens with two attached hydrogens (primary N) is 1. The van der Waals surface area contributed by atoms with E-state index in [1.165, 1.54) is 4.88 Å².